The molecule has 3 heterocycles. The zero-order valence-electron chi connectivity index (χ0n) is 14.5. The molecule has 0 bridgehead atoms. The lowest BCUT2D eigenvalue weighted by molar-refractivity contribution is 0.120. The van der Waals surface area contributed by atoms with E-state index in [1.807, 2.05) is 39.8 Å². The molecule has 130 valence electrons. The van der Waals surface area contributed by atoms with Crippen LogP contribution in [0.1, 0.15) is 22.9 Å². The normalized spacial score (nSPS) is 16.3. The largest absolute Gasteiger partial charge is 0.486 e. The predicted octanol–water partition coefficient (Wildman–Crippen LogP) is 3.35. The Kier molecular flexibility index (Phi) is 3.54. The van der Waals surface area contributed by atoms with Crippen LogP contribution in [0.5, 0.6) is 5.75 Å². The number of aryl methyl sites for hydroxylation is 4. The van der Waals surface area contributed by atoms with Gasteiger partial charge in [0.05, 0.1) is 22.6 Å². The Labute approximate surface area is 144 Å². The molecule has 0 amide bonds. The maximum absolute atomic E-state index is 9.92. The molecule has 0 saturated carbocycles. The minimum atomic E-state index is -0.759. The molecule has 0 radical (unpaired) electrons. The molecule has 3 aromatic rings. The van der Waals surface area contributed by atoms with Gasteiger partial charge in [-0.25, -0.2) is 0 Å². The van der Waals surface area contributed by atoms with Crippen molar-refractivity contribution in [1.82, 2.24) is 10.3 Å². The predicted molar refractivity (Wildman–Crippen MR) is 91.5 cm³/mol. The van der Waals surface area contributed by atoms with Gasteiger partial charge in [0, 0.05) is 11.1 Å². The molecule has 1 atom stereocenters. The maximum Gasteiger partial charge on any atom is 0.159 e. The molecule has 0 aliphatic carbocycles. The van der Waals surface area contributed by atoms with E-state index >= 15 is 0 Å². The molecule has 25 heavy (non-hydrogen) atoms. The lowest BCUT2D eigenvalue weighted by Crippen LogP contribution is -2.31. The highest BCUT2D eigenvalue weighted by Crippen LogP contribution is 2.45. The van der Waals surface area contributed by atoms with Crippen molar-refractivity contribution in [2.24, 2.45) is 0 Å². The van der Waals surface area contributed by atoms with Crippen LogP contribution >= 0.6 is 0 Å². The fourth-order valence-corrected chi connectivity index (χ4v) is 3.37. The topological polar surface area (TPSA) is 93.6 Å². The summed E-state index contributed by atoms with van der Waals surface area (Å²) in [6, 6.07) is 3.96. The third-order valence-corrected chi connectivity index (χ3v) is 4.42. The molecule has 2 aromatic heterocycles. The molecular formula is C18H19N3O4. The van der Waals surface area contributed by atoms with E-state index in [-0.39, 0.29) is 6.61 Å². The summed E-state index contributed by atoms with van der Waals surface area (Å²) in [7, 11) is 0. The van der Waals surface area contributed by atoms with Crippen LogP contribution < -0.4 is 10.1 Å². The Bertz CT molecular complexity index is 919. The van der Waals surface area contributed by atoms with Crippen LogP contribution in [0, 0.1) is 27.7 Å². The summed E-state index contributed by atoms with van der Waals surface area (Å²) >= 11 is 0. The number of aromatic nitrogens is 2. The van der Waals surface area contributed by atoms with Crippen molar-refractivity contribution in [2.45, 2.75) is 33.9 Å². The third kappa shape index (κ3) is 2.47. The van der Waals surface area contributed by atoms with E-state index in [1.165, 1.54) is 0 Å². The lowest BCUT2D eigenvalue weighted by atomic mass is 9.95. The number of rotatable bonds is 2. The monoisotopic (exact) mass is 341 g/mol. The quantitative estimate of drug-likeness (QED) is 0.738. The molecule has 0 saturated heterocycles. The van der Waals surface area contributed by atoms with E-state index < -0.39 is 6.23 Å². The Hall–Kier alpha value is -2.80. The summed E-state index contributed by atoms with van der Waals surface area (Å²) in [5.74, 6) is 2.12. The zero-order valence-corrected chi connectivity index (χ0v) is 14.5. The van der Waals surface area contributed by atoms with Crippen molar-refractivity contribution in [3.8, 4) is 28.0 Å². The molecule has 2 N–H and O–H groups in total. The number of nitrogens with zero attached hydrogens (tertiary/aromatic N) is 2. The molecular weight excluding hydrogens is 322 g/mol. The molecule has 1 aromatic carbocycles. The number of nitrogens with one attached hydrogen (secondary N) is 1. The third-order valence-electron chi connectivity index (χ3n) is 4.42. The van der Waals surface area contributed by atoms with E-state index in [2.05, 4.69) is 15.6 Å². The van der Waals surface area contributed by atoms with Crippen LogP contribution in [0.3, 0.4) is 0 Å². The number of ether oxygens (including phenoxy) is 1. The molecule has 1 aliphatic rings. The summed E-state index contributed by atoms with van der Waals surface area (Å²) in [6.07, 6.45) is -0.759. The average Bonchev–Trinajstić information content (AvgIpc) is 3.08. The number of aliphatic hydroxyl groups is 1. The van der Waals surface area contributed by atoms with Gasteiger partial charge in [0.2, 0.25) is 0 Å². The van der Waals surface area contributed by atoms with Crippen LogP contribution in [0.4, 0.5) is 5.69 Å². The first-order valence-electron chi connectivity index (χ1n) is 8.07. The van der Waals surface area contributed by atoms with Gasteiger partial charge < -0.3 is 24.2 Å². The summed E-state index contributed by atoms with van der Waals surface area (Å²) in [4.78, 5) is 0. The Morgan fingerprint density at radius 1 is 1.00 bits per heavy atom. The van der Waals surface area contributed by atoms with E-state index in [1.54, 1.807) is 0 Å². The van der Waals surface area contributed by atoms with Crippen LogP contribution in [-0.4, -0.2) is 28.3 Å². The standard InChI is InChI=1S/C18H19N3O4/c1-8-16(10(3)24-20-8)12-5-13(17-9(2)21-25-11(17)4)18-14(6-12)19-15(22)7-23-18/h5-6,15,19,22H,7H2,1-4H3. The van der Waals surface area contributed by atoms with Gasteiger partial charge in [0.15, 0.2) is 12.0 Å². The first-order chi connectivity index (χ1) is 12.0. The zero-order chi connectivity index (χ0) is 17.7. The number of benzene rings is 1. The number of hydrogen-bond donors (Lipinski definition) is 2. The molecule has 7 heteroatoms. The molecule has 1 unspecified atom stereocenters. The highest BCUT2D eigenvalue weighted by Gasteiger charge is 2.26. The van der Waals surface area contributed by atoms with Crippen LogP contribution in [-0.2, 0) is 0 Å². The van der Waals surface area contributed by atoms with Crippen LogP contribution in [0.2, 0.25) is 0 Å². The maximum atomic E-state index is 9.92. The fourth-order valence-electron chi connectivity index (χ4n) is 3.37. The smallest absolute Gasteiger partial charge is 0.159 e. The van der Waals surface area contributed by atoms with Gasteiger partial charge in [0.1, 0.15) is 18.1 Å². The summed E-state index contributed by atoms with van der Waals surface area (Å²) in [5.41, 5.74) is 5.91. The second-order valence-corrected chi connectivity index (χ2v) is 6.27. The SMILES string of the molecule is Cc1noc(C)c1-c1cc2c(c(-c3c(C)noc3C)c1)OCC(O)N2. The van der Waals surface area contributed by atoms with E-state index in [0.717, 1.165) is 39.4 Å². The Morgan fingerprint density at radius 2 is 1.64 bits per heavy atom. The molecule has 0 fully saturated rings. The number of anilines is 1. The van der Waals surface area contributed by atoms with Gasteiger partial charge >= 0.3 is 0 Å². The highest BCUT2D eigenvalue weighted by atomic mass is 16.5. The van der Waals surface area contributed by atoms with Crippen molar-refractivity contribution < 1.29 is 18.9 Å². The second-order valence-electron chi connectivity index (χ2n) is 6.27. The second kappa shape index (κ2) is 5.63. The van der Waals surface area contributed by atoms with Gasteiger partial charge in [-0.1, -0.05) is 10.3 Å². The minimum Gasteiger partial charge on any atom is -0.486 e. The van der Waals surface area contributed by atoms with Gasteiger partial charge in [-0.15, -0.1) is 0 Å². The number of fused-ring (bicyclic) bond motifs is 1. The summed E-state index contributed by atoms with van der Waals surface area (Å²) in [5, 5.41) is 21.1. The first-order valence-corrected chi connectivity index (χ1v) is 8.07. The Balaban J connectivity index is 2.00. The summed E-state index contributed by atoms with van der Waals surface area (Å²) < 4.78 is 16.5. The van der Waals surface area contributed by atoms with Crippen LogP contribution in [0.15, 0.2) is 21.2 Å². The van der Waals surface area contributed by atoms with E-state index in [4.69, 9.17) is 13.8 Å². The van der Waals surface area contributed by atoms with Gasteiger partial charge in [-0.3, -0.25) is 0 Å². The highest BCUT2D eigenvalue weighted by molar-refractivity contribution is 5.87. The van der Waals surface area contributed by atoms with Crippen molar-refractivity contribution in [3.63, 3.8) is 0 Å². The fraction of sp³-hybridized carbons (Fsp3) is 0.333. The van der Waals surface area contributed by atoms with Gasteiger partial charge in [-0.05, 0) is 45.4 Å². The van der Waals surface area contributed by atoms with Gasteiger partial charge in [0.25, 0.3) is 0 Å². The van der Waals surface area contributed by atoms with Gasteiger partial charge in [-0.2, -0.15) is 0 Å². The molecule has 7 nitrogen and oxygen atoms in total. The number of aliphatic hydroxyl groups excluding tert-OH is 1. The van der Waals surface area contributed by atoms with E-state index in [0.29, 0.717) is 17.2 Å². The average molecular weight is 341 g/mol. The number of hydrogen-bond acceptors (Lipinski definition) is 7. The van der Waals surface area contributed by atoms with Crippen molar-refractivity contribution in [2.75, 3.05) is 11.9 Å². The first kappa shape index (κ1) is 15.7. The van der Waals surface area contributed by atoms with Crippen molar-refractivity contribution in [3.05, 3.63) is 35.0 Å². The molecule has 0 spiro atoms. The lowest BCUT2D eigenvalue weighted by Gasteiger charge is -2.26. The molecule has 1 aliphatic heterocycles. The van der Waals surface area contributed by atoms with Crippen LogP contribution in [0.25, 0.3) is 22.3 Å². The van der Waals surface area contributed by atoms with E-state index in [9.17, 15) is 5.11 Å². The molecule has 4 rings (SSSR count). The summed E-state index contributed by atoms with van der Waals surface area (Å²) in [6.45, 7) is 7.72. The van der Waals surface area contributed by atoms with Crippen molar-refractivity contribution >= 4 is 5.69 Å². The minimum absolute atomic E-state index is 0.175. The van der Waals surface area contributed by atoms with Crippen molar-refractivity contribution in [1.29, 1.82) is 0 Å². The Morgan fingerprint density at radius 3 is 2.24 bits per heavy atom.